The van der Waals surface area contributed by atoms with E-state index in [1.54, 1.807) is 0 Å². The van der Waals surface area contributed by atoms with E-state index in [-0.39, 0.29) is 30.7 Å². The summed E-state index contributed by atoms with van der Waals surface area (Å²) in [6.45, 7) is 2.10. The highest BCUT2D eigenvalue weighted by atomic mass is 35.5. The van der Waals surface area contributed by atoms with Gasteiger partial charge in [0.05, 0.1) is 13.5 Å². The standard InChI is InChI=1S/C14H22N4O3S.ClH/c1-21-13(20)5-4-12-17-18-14(22-12)16-11(19)3-2-10-6-8-15-9-7-10;/h10,15H,2-9H2,1H3,(H,16,18,19);1H. The fraction of sp³-hybridized carbons (Fsp3) is 0.714. The molecule has 0 radical (unpaired) electrons. The van der Waals surface area contributed by atoms with E-state index in [2.05, 4.69) is 25.6 Å². The Hall–Kier alpha value is -1.25. The Morgan fingerprint density at radius 2 is 2.04 bits per heavy atom. The van der Waals surface area contributed by atoms with Crippen LogP contribution >= 0.6 is 23.7 Å². The number of amides is 1. The number of ether oxygens (including phenoxy) is 1. The van der Waals surface area contributed by atoms with Crippen molar-refractivity contribution in [1.82, 2.24) is 15.5 Å². The molecule has 1 aliphatic heterocycles. The molecule has 1 fully saturated rings. The van der Waals surface area contributed by atoms with Crippen molar-refractivity contribution in [2.75, 3.05) is 25.5 Å². The van der Waals surface area contributed by atoms with Gasteiger partial charge in [0, 0.05) is 12.8 Å². The Kier molecular flexibility index (Phi) is 9.05. The Labute approximate surface area is 146 Å². The second-order valence-corrected chi connectivity index (χ2v) is 6.42. The van der Waals surface area contributed by atoms with Crippen molar-refractivity contribution in [2.24, 2.45) is 5.92 Å². The summed E-state index contributed by atoms with van der Waals surface area (Å²) in [5.41, 5.74) is 0. The minimum absolute atomic E-state index is 0. The Morgan fingerprint density at radius 3 is 2.74 bits per heavy atom. The van der Waals surface area contributed by atoms with Crippen LogP contribution < -0.4 is 10.6 Å². The molecular formula is C14H23ClN4O3S. The molecule has 0 aromatic carbocycles. The molecular weight excluding hydrogens is 340 g/mol. The SMILES string of the molecule is COC(=O)CCc1nnc(NC(=O)CCC2CCNCC2)s1.Cl. The number of nitrogens with zero attached hydrogens (tertiary/aromatic N) is 2. The predicted molar refractivity (Wildman–Crippen MR) is 91.0 cm³/mol. The monoisotopic (exact) mass is 362 g/mol. The average Bonchev–Trinajstić information content (AvgIpc) is 2.99. The summed E-state index contributed by atoms with van der Waals surface area (Å²) in [4.78, 5) is 23.0. The molecule has 2 rings (SSSR count). The third kappa shape index (κ3) is 7.24. The van der Waals surface area contributed by atoms with Gasteiger partial charge in [-0.3, -0.25) is 9.59 Å². The third-order valence-electron chi connectivity index (χ3n) is 3.72. The first-order valence-corrected chi connectivity index (χ1v) is 8.39. The van der Waals surface area contributed by atoms with Crippen LogP contribution in [0.5, 0.6) is 0 Å². The maximum Gasteiger partial charge on any atom is 0.305 e. The number of methoxy groups -OCH3 is 1. The average molecular weight is 363 g/mol. The highest BCUT2D eigenvalue weighted by molar-refractivity contribution is 7.15. The minimum atomic E-state index is -0.275. The lowest BCUT2D eigenvalue weighted by atomic mass is 9.93. The van der Waals surface area contributed by atoms with E-state index in [1.165, 1.54) is 18.4 Å². The smallest absolute Gasteiger partial charge is 0.305 e. The van der Waals surface area contributed by atoms with Crippen molar-refractivity contribution < 1.29 is 14.3 Å². The summed E-state index contributed by atoms with van der Waals surface area (Å²) < 4.78 is 4.58. The van der Waals surface area contributed by atoms with E-state index < -0.39 is 0 Å². The van der Waals surface area contributed by atoms with Crippen molar-refractivity contribution in [1.29, 1.82) is 0 Å². The van der Waals surface area contributed by atoms with Gasteiger partial charge >= 0.3 is 5.97 Å². The normalized spacial score (nSPS) is 14.8. The number of aromatic nitrogens is 2. The molecule has 1 saturated heterocycles. The van der Waals surface area contributed by atoms with Gasteiger partial charge < -0.3 is 15.4 Å². The zero-order valence-electron chi connectivity index (χ0n) is 13.2. The predicted octanol–water partition coefficient (Wildman–Crippen LogP) is 1.78. The van der Waals surface area contributed by atoms with Gasteiger partial charge in [-0.05, 0) is 38.3 Å². The van der Waals surface area contributed by atoms with E-state index >= 15 is 0 Å². The van der Waals surface area contributed by atoms with Crippen molar-refractivity contribution in [3.8, 4) is 0 Å². The third-order valence-corrected chi connectivity index (χ3v) is 4.62. The molecule has 0 spiro atoms. The topological polar surface area (TPSA) is 93.2 Å². The summed E-state index contributed by atoms with van der Waals surface area (Å²) in [6.07, 6.45) is 4.47. The van der Waals surface area contributed by atoms with Gasteiger partial charge in [-0.15, -0.1) is 22.6 Å². The van der Waals surface area contributed by atoms with Crippen LogP contribution in [0.3, 0.4) is 0 Å². The summed E-state index contributed by atoms with van der Waals surface area (Å²) in [6, 6.07) is 0. The lowest BCUT2D eigenvalue weighted by Gasteiger charge is -2.21. The van der Waals surface area contributed by atoms with Crippen LogP contribution in [0.2, 0.25) is 0 Å². The number of aryl methyl sites for hydroxylation is 1. The molecule has 1 amide bonds. The number of hydrogen-bond acceptors (Lipinski definition) is 7. The van der Waals surface area contributed by atoms with Crippen LogP contribution in [0.15, 0.2) is 0 Å². The van der Waals surface area contributed by atoms with E-state index in [0.717, 1.165) is 37.4 Å². The zero-order valence-corrected chi connectivity index (χ0v) is 14.8. The lowest BCUT2D eigenvalue weighted by Crippen LogP contribution is -2.28. The van der Waals surface area contributed by atoms with Gasteiger partial charge in [-0.1, -0.05) is 11.3 Å². The molecule has 130 valence electrons. The minimum Gasteiger partial charge on any atom is -0.469 e. The summed E-state index contributed by atoms with van der Waals surface area (Å²) in [5.74, 6) is 0.342. The number of carbonyl (C=O) groups excluding carboxylic acids is 2. The van der Waals surface area contributed by atoms with Crippen molar-refractivity contribution in [3.63, 3.8) is 0 Å². The molecule has 1 aromatic heterocycles. The van der Waals surface area contributed by atoms with Crippen molar-refractivity contribution in [3.05, 3.63) is 5.01 Å². The molecule has 0 saturated carbocycles. The van der Waals surface area contributed by atoms with E-state index in [0.29, 0.717) is 23.9 Å². The van der Waals surface area contributed by atoms with Gasteiger partial charge in [0.25, 0.3) is 0 Å². The molecule has 2 N–H and O–H groups in total. The second-order valence-electron chi connectivity index (χ2n) is 5.36. The number of esters is 1. The summed E-state index contributed by atoms with van der Waals surface area (Å²) >= 11 is 1.30. The van der Waals surface area contributed by atoms with Gasteiger partial charge in [0.2, 0.25) is 11.0 Å². The van der Waals surface area contributed by atoms with Crippen LogP contribution in [0.25, 0.3) is 0 Å². The molecule has 1 aromatic rings. The number of halogens is 1. The maximum atomic E-state index is 11.9. The van der Waals surface area contributed by atoms with Gasteiger partial charge in [0.1, 0.15) is 5.01 Å². The highest BCUT2D eigenvalue weighted by Crippen LogP contribution is 2.20. The first-order chi connectivity index (χ1) is 10.7. The molecule has 0 atom stereocenters. The number of anilines is 1. The molecule has 7 nitrogen and oxygen atoms in total. The summed E-state index contributed by atoms with van der Waals surface area (Å²) in [7, 11) is 1.36. The molecule has 9 heteroatoms. The van der Waals surface area contributed by atoms with Crippen LogP contribution in [0.1, 0.15) is 37.1 Å². The molecule has 23 heavy (non-hydrogen) atoms. The summed E-state index contributed by atoms with van der Waals surface area (Å²) in [5, 5.41) is 15.2. The van der Waals surface area contributed by atoms with Crippen LogP contribution in [0, 0.1) is 5.92 Å². The van der Waals surface area contributed by atoms with E-state index in [1.807, 2.05) is 0 Å². The quantitative estimate of drug-likeness (QED) is 0.718. The first kappa shape index (κ1) is 19.8. The van der Waals surface area contributed by atoms with Crippen LogP contribution in [0.4, 0.5) is 5.13 Å². The Morgan fingerprint density at radius 1 is 1.30 bits per heavy atom. The maximum absolute atomic E-state index is 11.9. The highest BCUT2D eigenvalue weighted by Gasteiger charge is 2.15. The number of rotatable bonds is 7. The van der Waals surface area contributed by atoms with Crippen LogP contribution in [-0.2, 0) is 20.7 Å². The lowest BCUT2D eigenvalue weighted by molar-refractivity contribution is -0.140. The largest absolute Gasteiger partial charge is 0.469 e. The molecule has 0 unspecified atom stereocenters. The van der Waals surface area contributed by atoms with Gasteiger partial charge in [-0.25, -0.2) is 0 Å². The number of carbonyl (C=O) groups is 2. The van der Waals surface area contributed by atoms with Gasteiger partial charge in [-0.2, -0.15) is 0 Å². The number of hydrogen-bond donors (Lipinski definition) is 2. The van der Waals surface area contributed by atoms with E-state index in [4.69, 9.17) is 0 Å². The number of nitrogens with one attached hydrogen (secondary N) is 2. The van der Waals surface area contributed by atoms with E-state index in [9.17, 15) is 9.59 Å². The second kappa shape index (κ2) is 10.5. The fourth-order valence-electron chi connectivity index (χ4n) is 2.40. The zero-order chi connectivity index (χ0) is 15.8. The van der Waals surface area contributed by atoms with Crippen molar-refractivity contribution >= 4 is 40.8 Å². The molecule has 0 aliphatic carbocycles. The Bertz CT molecular complexity index is 506. The molecule has 1 aliphatic rings. The molecule has 0 bridgehead atoms. The first-order valence-electron chi connectivity index (χ1n) is 7.57. The van der Waals surface area contributed by atoms with Gasteiger partial charge in [0.15, 0.2) is 0 Å². The number of piperidine rings is 1. The van der Waals surface area contributed by atoms with Crippen LogP contribution in [-0.4, -0.2) is 42.3 Å². The molecule has 2 heterocycles. The van der Waals surface area contributed by atoms with Crippen molar-refractivity contribution in [2.45, 2.75) is 38.5 Å². The fourth-order valence-corrected chi connectivity index (χ4v) is 3.16. The Balaban J connectivity index is 0.00000264.